The van der Waals surface area contributed by atoms with Gasteiger partial charge in [-0.3, -0.25) is 4.79 Å². The third kappa shape index (κ3) is 5.48. The molecular formula is C18H29N3O2. The van der Waals surface area contributed by atoms with E-state index in [2.05, 4.69) is 22.2 Å². The van der Waals surface area contributed by atoms with Crippen molar-refractivity contribution >= 4 is 11.8 Å². The maximum atomic E-state index is 12.1. The Kier molecular flexibility index (Phi) is 5.60. The molecule has 23 heavy (non-hydrogen) atoms. The molecule has 5 nitrogen and oxygen atoms in total. The van der Waals surface area contributed by atoms with E-state index in [9.17, 15) is 4.79 Å². The van der Waals surface area contributed by atoms with Crippen molar-refractivity contribution in [3.8, 4) is 0 Å². The van der Waals surface area contributed by atoms with E-state index in [0.29, 0.717) is 6.04 Å². The number of esters is 1. The van der Waals surface area contributed by atoms with Crippen LogP contribution in [0.3, 0.4) is 0 Å². The van der Waals surface area contributed by atoms with E-state index in [1.54, 1.807) is 0 Å². The van der Waals surface area contributed by atoms with Gasteiger partial charge in [0.25, 0.3) is 0 Å². The maximum absolute atomic E-state index is 12.1. The van der Waals surface area contributed by atoms with Gasteiger partial charge < -0.3 is 10.1 Å². The second-order valence-electron chi connectivity index (χ2n) is 7.37. The average Bonchev–Trinajstić information content (AvgIpc) is 2.45. The highest BCUT2D eigenvalue weighted by molar-refractivity contribution is 5.73. The van der Waals surface area contributed by atoms with Gasteiger partial charge in [0.15, 0.2) is 0 Å². The summed E-state index contributed by atoms with van der Waals surface area (Å²) in [6.45, 7) is 9.77. The number of ether oxygens (including phenoxy) is 1. The average molecular weight is 319 g/mol. The van der Waals surface area contributed by atoms with Crippen LogP contribution in [0.2, 0.25) is 0 Å². The number of hydrogen-bond acceptors (Lipinski definition) is 5. The lowest BCUT2D eigenvalue weighted by atomic mass is 9.86. The lowest BCUT2D eigenvalue weighted by Gasteiger charge is -2.30. The Balaban J connectivity index is 1.87. The summed E-state index contributed by atoms with van der Waals surface area (Å²) in [7, 11) is 0. The van der Waals surface area contributed by atoms with Crippen LogP contribution in [0, 0.1) is 12.8 Å². The fourth-order valence-electron chi connectivity index (χ4n) is 2.95. The van der Waals surface area contributed by atoms with Crippen molar-refractivity contribution in [2.45, 2.75) is 78.4 Å². The van der Waals surface area contributed by atoms with Crippen LogP contribution >= 0.6 is 0 Å². The molecule has 1 aliphatic rings. The number of anilines is 1. The van der Waals surface area contributed by atoms with Crippen LogP contribution in [0.25, 0.3) is 0 Å². The molecule has 1 fully saturated rings. The van der Waals surface area contributed by atoms with E-state index in [4.69, 9.17) is 4.74 Å². The molecular weight excluding hydrogens is 290 g/mol. The molecule has 0 spiro atoms. The number of rotatable bonds is 4. The Hall–Kier alpha value is -1.65. The molecule has 2 rings (SSSR count). The third-order valence-electron chi connectivity index (χ3n) is 4.07. The van der Waals surface area contributed by atoms with Gasteiger partial charge in [0, 0.05) is 17.8 Å². The summed E-state index contributed by atoms with van der Waals surface area (Å²) in [6.07, 6.45) is 4.58. The van der Waals surface area contributed by atoms with Gasteiger partial charge in [-0.15, -0.1) is 0 Å². The molecule has 1 saturated carbocycles. The molecule has 0 aromatic carbocycles. The van der Waals surface area contributed by atoms with E-state index < -0.39 is 5.60 Å². The van der Waals surface area contributed by atoms with Crippen LogP contribution in [0.15, 0.2) is 6.07 Å². The first-order valence-electron chi connectivity index (χ1n) is 8.61. The van der Waals surface area contributed by atoms with Crippen LogP contribution < -0.4 is 5.32 Å². The van der Waals surface area contributed by atoms with Gasteiger partial charge in [0.05, 0.1) is 5.92 Å². The van der Waals surface area contributed by atoms with Crippen molar-refractivity contribution in [3.05, 3.63) is 17.6 Å². The molecule has 0 bridgehead atoms. The molecule has 1 aromatic rings. The zero-order chi connectivity index (χ0) is 17.0. The molecule has 1 heterocycles. The summed E-state index contributed by atoms with van der Waals surface area (Å²) < 4.78 is 5.50. The highest BCUT2D eigenvalue weighted by Gasteiger charge is 2.30. The van der Waals surface area contributed by atoms with Crippen LogP contribution in [0.1, 0.15) is 64.9 Å². The summed E-state index contributed by atoms with van der Waals surface area (Å²) in [5.74, 6) is 1.68. The molecule has 0 atom stereocenters. The van der Waals surface area contributed by atoms with E-state index in [1.165, 1.54) is 0 Å². The first-order valence-corrected chi connectivity index (χ1v) is 8.61. The van der Waals surface area contributed by atoms with E-state index in [1.807, 2.05) is 33.8 Å². The van der Waals surface area contributed by atoms with Gasteiger partial charge >= 0.3 is 5.97 Å². The Bertz CT molecular complexity index is 544. The standard InChI is InChI=1S/C18H29N3O2/c1-6-14-11-16(20-12(2)19-14)21-15-9-7-13(8-10-15)17(22)23-18(3,4)5/h11,13,15H,6-10H2,1-5H3,(H,19,20,21). The van der Waals surface area contributed by atoms with Crippen LogP contribution in [-0.4, -0.2) is 27.6 Å². The van der Waals surface area contributed by atoms with E-state index in [0.717, 1.165) is 49.4 Å². The second-order valence-corrected chi connectivity index (χ2v) is 7.37. The Morgan fingerprint density at radius 2 is 1.91 bits per heavy atom. The fraction of sp³-hybridized carbons (Fsp3) is 0.722. The Morgan fingerprint density at radius 1 is 1.26 bits per heavy atom. The molecule has 0 saturated heterocycles. The first-order chi connectivity index (χ1) is 10.8. The van der Waals surface area contributed by atoms with E-state index >= 15 is 0 Å². The summed E-state index contributed by atoms with van der Waals surface area (Å²) >= 11 is 0. The number of nitrogens with zero attached hydrogens (tertiary/aromatic N) is 2. The Morgan fingerprint density at radius 3 is 2.48 bits per heavy atom. The first kappa shape index (κ1) is 17.7. The molecule has 5 heteroatoms. The predicted molar refractivity (Wildman–Crippen MR) is 91.4 cm³/mol. The number of nitrogens with one attached hydrogen (secondary N) is 1. The molecule has 0 aliphatic heterocycles. The van der Waals surface area contributed by atoms with Gasteiger partial charge in [-0.2, -0.15) is 0 Å². The zero-order valence-electron chi connectivity index (χ0n) is 15.0. The minimum atomic E-state index is -0.402. The predicted octanol–water partition coefficient (Wildman–Crippen LogP) is 3.66. The summed E-state index contributed by atoms with van der Waals surface area (Å²) in [5.41, 5.74) is 0.656. The summed E-state index contributed by atoms with van der Waals surface area (Å²) in [4.78, 5) is 21.0. The lowest BCUT2D eigenvalue weighted by Crippen LogP contribution is -2.34. The normalized spacial score (nSPS) is 21.8. The second kappa shape index (κ2) is 7.28. The lowest BCUT2D eigenvalue weighted by molar-refractivity contribution is -0.161. The van der Waals surface area contributed by atoms with Crippen molar-refractivity contribution in [2.24, 2.45) is 5.92 Å². The molecule has 128 valence electrons. The largest absolute Gasteiger partial charge is 0.460 e. The van der Waals surface area contributed by atoms with Gasteiger partial charge in [-0.25, -0.2) is 9.97 Å². The summed E-state index contributed by atoms with van der Waals surface area (Å²) in [5, 5.41) is 3.50. The Labute approximate surface area is 139 Å². The van der Waals surface area contributed by atoms with Crippen LogP contribution in [0.5, 0.6) is 0 Å². The minimum Gasteiger partial charge on any atom is -0.460 e. The third-order valence-corrected chi connectivity index (χ3v) is 4.07. The molecule has 0 radical (unpaired) electrons. The topological polar surface area (TPSA) is 64.1 Å². The van der Waals surface area contributed by atoms with Crippen molar-refractivity contribution in [1.29, 1.82) is 0 Å². The molecule has 1 N–H and O–H groups in total. The number of hydrogen-bond donors (Lipinski definition) is 1. The van der Waals surface area contributed by atoms with Crippen molar-refractivity contribution in [3.63, 3.8) is 0 Å². The van der Waals surface area contributed by atoms with E-state index in [-0.39, 0.29) is 11.9 Å². The van der Waals surface area contributed by atoms with Crippen molar-refractivity contribution in [2.75, 3.05) is 5.32 Å². The highest BCUT2D eigenvalue weighted by atomic mass is 16.6. The van der Waals surface area contributed by atoms with Gasteiger partial charge in [0.2, 0.25) is 0 Å². The molecule has 1 aromatic heterocycles. The molecule has 0 unspecified atom stereocenters. The quantitative estimate of drug-likeness (QED) is 0.858. The van der Waals surface area contributed by atoms with Crippen molar-refractivity contribution in [1.82, 2.24) is 9.97 Å². The highest BCUT2D eigenvalue weighted by Crippen LogP contribution is 2.28. The maximum Gasteiger partial charge on any atom is 0.309 e. The van der Waals surface area contributed by atoms with Gasteiger partial charge in [0.1, 0.15) is 17.2 Å². The zero-order valence-corrected chi connectivity index (χ0v) is 15.0. The number of aryl methyl sites for hydroxylation is 2. The van der Waals surface area contributed by atoms with Gasteiger partial charge in [-0.05, 0) is 59.8 Å². The molecule has 0 amide bonds. The van der Waals surface area contributed by atoms with Gasteiger partial charge in [-0.1, -0.05) is 6.92 Å². The SMILES string of the molecule is CCc1cc(NC2CCC(C(=O)OC(C)(C)C)CC2)nc(C)n1. The fourth-order valence-corrected chi connectivity index (χ4v) is 2.95. The molecule has 1 aliphatic carbocycles. The van der Waals surface area contributed by atoms with Crippen LogP contribution in [0.4, 0.5) is 5.82 Å². The minimum absolute atomic E-state index is 0.0330. The smallest absolute Gasteiger partial charge is 0.309 e. The van der Waals surface area contributed by atoms with Crippen molar-refractivity contribution < 1.29 is 9.53 Å². The number of carbonyl (C=O) groups is 1. The number of carbonyl (C=O) groups excluding carboxylic acids is 1. The van der Waals surface area contributed by atoms with Crippen LogP contribution in [-0.2, 0) is 16.0 Å². The number of aromatic nitrogens is 2. The monoisotopic (exact) mass is 319 g/mol. The summed E-state index contributed by atoms with van der Waals surface area (Å²) in [6, 6.07) is 2.39.